The van der Waals surface area contributed by atoms with Gasteiger partial charge in [-0.1, -0.05) is 23.7 Å². The number of amides is 2. The first-order valence-electron chi connectivity index (χ1n) is 4.21. The maximum absolute atomic E-state index is 10.7. The van der Waals surface area contributed by atoms with Gasteiger partial charge in [-0.05, 0) is 24.1 Å². The highest BCUT2D eigenvalue weighted by Gasteiger charge is 1.96. The smallest absolute Gasteiger partial charge is 0.328 e. The Labute approximate surface area is 87.4 Å². The van der Waals surface area contributed by atoms with Gasteiger partial charge < -0.3 is 5.32 Å². The first-order valence-corrected chi connectivity index (χ1v) is 4.59. The van der Waals surface area contributed by atoms with Crippen LogP contribution in [0.1, 0.15) is 5.56 Å². The highest BCUT2D eigenvalue weighted by Crippen LogP contribution is 2.09. The molecule has 0 aromatic heterocycles. The minimum absolute atomic E-state index is 0.376. The van der Waals surface area contributed by atoms with E-state index in [0.717, 1.165) is 12.0 Å². The van der Waals surface area contributed by atoms with Gasteiger partial charge in [-0.25, -0.2) is 10.6 Å². The number of hydrazine groups is 1. The van der Waals surface area contributed by atoms with Crippen molar-refractivity contribution in [2.24, 2.45) is 5.84 Å². The second-order valence-corrected chi connectivity index (χ2v) is 3.21. The second kappa shape index (κ2) is 5.47. The summed E-state index contributed by atoms with van der Waals surface area (Å²) in [5.74, 6) is 4.89. The monoisotopic (exact) mass is 213 g/mol. The van der Waals surface area contributed by atoms with Gasteiger partial charge in [0.05, 0.1) is 0 Å². The minimum atomic E-state index is -0.376. The van der Waals surface area contributed by atoms with Crippen molar-refractivity contribution in [2.45, 2.75) is 6.42 Å². The van der Waals surface area contributed by atoms with Gasteiger partial charge in [-0.3, -0.25) is 5.43 Å². The summed E-state index contributed by atoms with van der Waals surface area (Å²) in [5, 5.41) is 3.30. The highest BCUT2D eigenvalue weighted by atomic mass is 35.5. The Hall–Kier alpha value is -1.26. The molecule has 0 heterocycles. The third-order valence-corrected chi connectivity index (χ3v) is 2.00. The van der Waals surface area contributed by atoms with Crippen LogP contribution in [0, 0.1) is 0 Å². The lowest BCUT2D eigenvalue weighted by Crippen LogP contribution is -2.40. The average molecular weight is 214 g/mol. The summed E-state index contributed by atoms with van der Waals surface area (Å²) in [4.78, 5) is 10.7. The maximum atomic E-state index is 10.7. The van der Waals surface area contributed by atoms with Gasteiger partial charge in [0.15, 0.2) is 0 Å². The molecule has 0 spiro atoms. The molecular weight excluding hydrogens is 202 g/mol. The summed E-state index contributed by atoms with van der Waals surface area (Å²) in [5.41, 5.74) is 3.11. The first kappa shape index (κ1) is 10.8. The van der Waals surface area contributed by atoms with E-state index in [1.165, 1.54) is 0 Å². The van der Waals surface area contributed by atoms with Crippen molar-refractivity contribution in [2.75, 3.05) is 6.54 Å². The summed E-state index contributed by atoms with van der Waals surface area (Å²) >= 11 is 5.72. The minimum Gasteiger partial charge on any atom is -0.337 e. The van der Waals surface area contributed by atoms with Crippen molar-refractivity contribution in [1.29, 1.82) is 0 Å². The van der Waals surface area contributed by atoms with Crippen molar-refractivity contribution in [3.05, 3.63) is 34.9 Å². The van der Waals surface area contributed by atoms with E-state index in [9.17, 15) is 4.79 Å². The van der Waals surface area contributed by atoms with E-state index in [4.69, 9.17) is 17.4 Å². The van der Waals surface area contributed by atoms with Gasteiger partial charge in [0.2, 0.25) is 0 Å². The number of urea groups is 1. The molecular formula is C9H12ClN3O. The standard InChI is InChI=1S/C9H12ClN3O/c10-8-3-1-7(2-4-8)5-6-12-9(14)13-11/h1-4H,5-6,11H2,(H2,12,13,14). The summed E-state index contributed by atoms with van der Waals surface area (Å²) in [6, 6.07) is 7.10. The molecule has 0 bridgehead atoms. The number of hydrogen-bond donors (Lipinski definition) is 3. The van der Waals surface area contributed by atoms with Crippen molar-refractivity contribution < 1.29 is 4.79 Å². The lowest BCUT2D eigenvalue weighted by Gasteiger charge is -2.03. The number of nitrogens with two attached hydrogens (primary N) is 1. The van der Waals surface area contributed by atoms with Crippen molar-refractivity contribution >= 4 is 17.6 Å². The van der Waals surface area contributed by atoms with Crippen LogP contribution in [0.2, 0.25) is 5.02 Å². The molecule has 1 aromatic rings. The van der Waals surface area contributed by atoms with Crippen LogP contribution in [0.4, 0.5) is 4.79 Å². The number of halogens is 1. The molecule has 0 aliphatic heterocycles. The third kappa shape index (κ3) is 3.64. The van der Waals surface area contributed by atoms with Gasteiger partial charge >= 0.3 is 6.03 Å². The van der Waals surface area contributed by atoms with Gasteiger partial charge in [0.1, 0.15) is 0 Å². The fourth-order valence-electron chi connectivity index (χ4n) is 1.02. The van der Waals surface area contributed by atoms with Crippen LogP contribution in [-0.2, 0) is 6.42 Å². The maximum Gasteiger partial charge on any atom is 0.328 e. The van der Waals surface area contributed by atoms with Crippen LogP contribution in [0.5, 0.6) is 0 Å². The van der Waals surface area contributed by atoms with Crippen molar-refractivity contribution in [1.82, 2.24) is 10.7 Å². The third-order valence-electron chi connectivity index (χ3n) is 1.74. The summed E-state index contributed by atoms with van der Waals surface area (Å²) in [6.45, 7) is 0.546. The molecule has 0 aliphatic rings. The molecule has 1 aromatic carbocycles. The average Bonchev–Trinajstić information content (AvgIpc) is 2.21. The molecule has 1 rings (SSSR count). The van der Waals surface area contributed by atoms with Crippen molar-refractivity contribution in [3.8, 4) is 0 Å². The van der Waals surface area contributed by atoms with Gasteiger partial charge in [0, 0.05) is 11.6 Å². The topological polar surface area (TPSA) is 67.1 Å². The van der Waals surface area contributed by atoms with Gasteiger partial charge in [-0.2, -0.15) is 0 Å². The molecule has 0 fully saturated rings. The number of benzene rings is 1. The van der Waals surface area contributed by atoms with E-state index < -0.39 is 0 Å². The van der Waals surface area contributed by atoms with Gasteiger partial charge in [0.25, 0.3) is 0 Å². The zero-order valence-corrected chi connectivity index (χ0v) is 8.34. The predicted molar refractivity (Wildman–Crippen MR) is 55.9 cm³/mol. The highest BCUT2D eigenvalue weighted by molar-refractivity contribution is 6.30. The molecule has 4 N–H and O–H groups in total. The van der Waals surface area contributed by atoms with Crippen LogP contribution in [0.15, 0.2) is 24.3 Å². The van der Waals surface area contributed by atoms with Gasteiger partial charge in [-0.15, -0.1) is 0 Å². The number of nitrogens with one attached hydrogen (secondary N) is 2. The van der Waals surface area contributed by atoms with Crippen LogP contribution < -0.4 is 16.6 Å². The number of carbonyl (C=O) groups is 1. The summed E-state index contributed by atoms with van der Waals surface area (Å²) < 4.78 is 0. The van der Waals surface area contributed by atoms with Crippen LogP contribution in [0.3, 0.4) is 0 Å². The second-order valence-electron chi connectivity index (χ2n) is 2.78. The molecule has 0 saturated heterocycles. The molecule has 5 heteroatoms. The molecule has 4 nitrogen and oxygen atoms in total. The fourth-order valence-corrected chi connectivity index (χ4v) is 1.15. The Balaban J connectivity index is 2.31. The molecule has 0 aliphatic carbocycles. The van der Waals surface area contributed by atoms with E-state index in [1.807, 2.05) is 29.7 Å². The zero-order chi connectivity index (χ0) is 10.4. The molecule has 0 radical (unpaired) electrons. The Bertz CT molecular complexity index is 299. The van der Waals surface area contributed by atoms with E-state index >= 15 is 0 Å². The van der Waals surface area contributed by atoms with E-state index in [2.05, 4.69) is 5.32 Å². The Morgan fingerprint density at radius 1 is 1.36 bits per heavy atom. The molecule has 76 valence electrons. The quantitative estimate of drug-likeness (QED) is 0.399. The molecule has 0 atom stereocenters. The number of rotatable bonds is 3. The van der Waals surface area contributed by atoms with Crippen LogP contribution in [-0.4, -0.2) is 12.6 Å². The lowest BCUT2D eigenvalue weighted by atomic mass is 10.1. The van der Waals surface area contributed by atoms with Crippen molar-refractivity contribution in [3.63, 3.8) is 0 Å². The van der Waals surface area contributed by atoms with E-state index in [1.54, 1.807) is 0 Å². The van der Waals surface area contributed by atoms with Crippen LogP contribution in [0.25, 0.3) is 0 Å². The number of hydrogen-bond acceptors (Lipinski definition) is 2. The molecule has 0 saturated carbocycles. The molecule has 0 unspecified atom stereocenters. The Morgan fingerprint density at radius 2 is 2.00 bits per heavy atom. The molecule has 14 heavy (non-hydrogen) atoms. The Morgan fingerprint density at radius 3 is 2.57 bits per heavy atom. The molecule has 2 amide bonds. The zero-order valence-electron chi connectivity index (χ0n) is 7.59. The summed E-state index contributed by atoms with van der Waals surface area (Å²) in [7, 11) is 0. The van der Waals surface area contributed by atoms with E-state index in [0.29, 0.717) is 11.6 Å². The summed E-state index contributed by atoms with van der Waals surface area (Å²) in [6.07, 6.45) is 0.755. The van der Waals surface area contributed by atoms with E-state index in [-0.39, 0.29) is 6.03 Å². The number of carbonyl (C=O) groups excluding carboxylic acids is 1. The first-order chi connectivity index (χ1) is 6.72. The SMILES string of the molecule is NNC(=O)NCCc1ccc(Cl)cc1. The van der Waals surface area contributed by atoms with Crippen LogP contribution >= 0.6 is 11.6 Å². The fraction of sp³-hybridized carbons (Fsp3) is 0.222. The normalized spacial score (nSPS) is 9.57. The largest absolute Gasteiger partial charge is 0.337 e. The lowest BCUT2D eigenvalue weighted by molar-refractivity contribution is 0.241. The predicted octanol–water partition coefficient (Wildman–Crippen LogP) is 1.06. The Kier molecular flexibility index (Phi) is 4.22.